The molecule has 1 fully saturated rings. The average molecular weight is 329 g/mol. The summed E-state index contributed by atoms with van der Waals surface area (Å²) < 4.78 is 5.53. The maximum Gasteiger partial charge on any atom is 0.415 e. The van der Waals surface area contributed by atoms with E-state index in [1.165, 1.54) is 11.1 Å². The third-order valence-electron chi connectivity index (χ3n) is 4.45. The first-order chi connectivity index (χ1) is 11.2. The molecule has 2 aromatic carbocycles. The number of fused-ring (bicyclic) bond motifs is 1. The van der Waals surface area contributed by atoms with Crippen LogP contribution in [0.2, 0.25) is 5.02 Å². The minimum Gasteiger partial charge on any atom is -0.439 e. The van der Waals surface area contributed by atoms with Crippen LogP contribution in [0.5, 0.6) is 0 Å². The SMILES string of the molecule is O=C1OC(c2ccccc2Cl)CN1c1ccc2c(c1)CCNC2. The molecule has 1 unspecified atom stereocenters. The molecule has 118 valence electrons. The lowest BCUT2D eigenvalue weighted by Gasteiger charge is -2.20. The zero-order chi connectivity index (χ0) is 15.8. The number of anilines is 1. The van der Waals surface area contributed by atoms with Crippen LogP contribution in [-0.4, -0.2) is 19.2 Å². The van der Waals surface area contributed by atoms with Gasteiger partial charge in [0.25, 0.3) is 0 Å². The first-order valence-electron chi connectivity index (χ1n) is 7.77. The van der Waals surface area contributed by atoms with Gasteiger partial charge in [0.15, 0.2) is 0 Å². The standard InChI is InChI=1S/C18H17ClN2O2/c19-16-4-2-1-3-15(16)17-11-21(18(22)23-17)14-6-5-13-10-20-8-7-12(13)9-14/h1-6,9,17,20H,7-8,10-11H2. The van der Waals surface area contributed by atoms with E-state index in [0.29, 0.717) is 11.6 Å². The van der Waals surface area contributed by atoms with E-state index in [4.69, 9.17) is 16.3 Å². The molecule has 2 aliphatic rings. The van der Waals surface area contributed by atoms with Gasteiger partial charge < -0.3 is 10.1 Å². The number of benzene rings is 2. The Morgan fingerprint density at radius 3 is 2.91 bits per heavy atom. The number of amides is 1. The van der Waals surface area contributed by atoms with Crippen molar-refractivity contribution in [2.24, 2.45) is 0 Å². The number of hydrogen-bond acceptors (Lipinski definition) is 3. The number of rotatable bonds is 2. The van der Waals surface area contributed by atoms with Crippen molar-refractivity contribution in [3.63, 3.8) is 0 Å². The molecule has 1 N–H and O–H groups in total. The number of halogens is 1. The molecule has 2 heterocycles. The van der Waals surface area contributed by atoms with E-state index in [1.54, 1.807) is 4.90 Å². The lowest BCUT2D eigenvalue weighted by Crippen LogP contribution is -2.26. The second-order valence-electron chi connectivity index (χ2n) is 5.88. The van der Waals surface area contributed by atoms with Crippen molar-refractivity contribution >= 4 is 23.4 Å². The van der Waals surface area contributed by atoms with E-state index < -0.39 is 0 Å². The van der Waals surface area contributed by atoms with Crippen molar-refractivity contribution in [3.8, 4) is 0 Å². The molecule has 1 saturated heterocycles. The molecule has 1 atom stereocenters. The molecule has 0 aliphatic carbocycles. The summed E-state index contributed by atoms with van der Waals surface area (Å²) in [6.07, 6.45) is 0.345. The number of nitrogens with one attached hydrogen (secondary N) is 1. The van der Waals surface area contributed by atoms with Gasteiger partial charge in [0.1, 0.15) is 6.10 Å². The van der Waals surface area contributed by atoms with Crippen LogP contribution in [0.3, 0.4) is 0 Å². The lowest BCUT2D eigenvalue weighted by molar-refractivity contribution is 0.142. The number of carbonyl (C=O) groups is 1. The summed E-state index contributed by atoms with van der Waals surface area (Å²) >= 11 is 6.22. The second kappa shape index (κ2) is 5.87. The summed E-state index contributed by atoms with van der Waals surface area (Å²) in [6.45, 7) is 2.35. The zero-order valence-corrected chi connectivity index (χ0v) is 13.3. The summed E-state index contributed by atoms with van der Waals surface area (Å²) in [5.74, 6) is 0. The molecule has 5 heteroatoms. The summed E-state index contributed by atoms with van der Waals surface area (Å²) in [5, 5.41) is 3.98. The normalized spacial score (nSPS) is 20.3. The Morgan fingerprint density at radius 1 is 1.17 bits per heavy atom. The van der Waals surface area contributed by atoms with E-state index >= 15 is 0 Å². The Hall–Kier alpha value is -2.04. The van der Waals surface area contributed by atoms with Crippen LogP contribution >= 0.6 is 11.6 Å². The summed E-state index contributed by atoms with van der Waals surface area (Å²) in [7, 11) is 0. The molecule has 2 aromatic rings. The number of carbonyl (C=O) groups excluding carboxylic acids is 1. The second-order valence-corrected chi connectivity index (χ2v) is 6.29. The van der Waals surface area contributed by atoms with Crippen LogP contribution in [0.15, 0.2) is 42.5 Å². The van der Waals surface area contributed by atoms with Crippen LogP contribution < -0.4 is 10.2 Å². The van der Waals surface area contributed by atoms with Crippen LogP contribution in [0.25, 0.3) is 0 Å². The van der Waals surface area contributed by atoms with Crippen molar-refractivity contribution < 1.29 is 9.53 Å². The number of hydrogen-bond donors (Lipinski definition) is 1. The minimum atomic E-state index is -0.325. The summed E-state index contributed by atoms with van der Waals surface area (Å²) in [6, 6.07) is 13.7. The molecular weight excluding hydrogens is 312 g/mol. The van der Waals surface area contributed by atoms with Crippen molar-refractivity contribution in [2.75, 3.05) is 18.0 Å². The van der Waals surface area contributed by atoms with Gasteiger partial charge in [-0.2, -0.15) is 0 Å². The van der Waals surface area contributed by atoms with Gasteiger partial charge >= 0.3 is 6.09 Å². The first-order valence-corrected chi connectivity index (χ1v) is 8.15. The smallest absolute Gasteiger partial charge is 0.415 e. The molecule has 4 nitrogen and oxygen atoms in total. The van der Waals surface area contributed by atoms with Gasteiger partial charge in [-0.1, -0.05) is 35.9 Å². The summed E-state index contributed by atoms with van der Waals surface area (Å²) in [5.41, 5.74) is 4.35. The highest BCUT2D eigenvalue weighted by Crippen LogP contribution is 2.34. The Kier molecular flexibility index (Phi) is 3.71. The highest BCUT2D eigenvalue weighted by molar-refractivity contribution is 6.31. The first kappa shape index (κ1) is 14.5. The van der Waals surface area contributed by atoms with Gasteiger partial charge in [0.2, 0.25) is 0 Å². The molecule has 0 spiro atoms. The van der Waals surface area contributed by atoms with E-state index in [9.17, 15) is 4.79 Å². The molecule has 0 radical (unpaired) electrons. The van der Waals surface area contributed by atoms with Gasteiger partial charge in [-0.15, -0.1) is 0 Å². The Labute approximate surface area is 140 Å². The molecule has 2 aliphatic heterocycles. The minimum absolute atomic E-state index is 0.316. The van der Waals surface area contributed by atoms with Crippen molar-refractivity contribution in [2.45, 2.75) is 19.1 Å². The van der Waals surface area contributed by atoms with Crippen LogP contribution in [0.4, 0.5) is 10.5 Å². The highest BCUT2D eigenvalue weighted by atomic mass is 35.5. The fraction of sp³-hybridized carbons (Fsp3) is 0.278. The van der Waals surface area contributed by atoms with Crippen LogP contribution in [-0.2, 0) is 17.7 Å². The third-order valence-corrected chi connectivity index (χ3v) is 4.80. The van der Waals surface area contributed by atoms with Crippen molar-refractivity contribution in [1.82, 2.24) is 5.32 Å². The quantitative estimate of drug-likeness (QED) is 0.914. The van der Waals surface area contributed by atoms with Crippen molar-refractivity contribution in [1.29, 1.82) is 0 Å². The van der Waals surface area contributed by atoms with E-state index in [-0.39, 0.29) is 12.2 Å². The van der Waals surface area contributed by atoms with E-state index in [1.807, 2.05) is 30.3 Å². The molecule has 0 bridgehead atoms. The molecular formula is C18H17ClN2O2. The monoisotopic (exact) mass is 328 g/mol. The maximum atomic E-state index is 12.3. The molecule has 4 rings (SSSR count). The highest BCUT2D eigenvalue weighted by Gasteiger charge is 2.34. The molecule has 0 aromatic heterocycles. The molecule has 1 amide bonds. The van der Waals surface area contributed by atoms with Gasteiger partial charge in [0, 0.05) is 22.8 Å². The van der Waals surface area contributed by atoms with Gasteiger partial charge in [-0.05, 0) is 42.3 Å². The molecule has 23 heavy (non-hydrogen) atoms. The van der Waals surface area contributed by atoms with E-state index in [2.05, 4.69) is 17.4 Å². The number of cyclic esters (lactones) is 1. The fourth-order valence-electron chi connectivity index (χ4n) is 3.20. The maximum absolute atomic E-state index is 12.3. The van der Waals surface area contributed by atoms with Crippen LogP contribution in [0, 0.1) is 0 Å². The topological polar surface area (TPSA) is 41.6 Å². The van der Waals surface area contributed by atoms with Gasteiger partial charge in [0.05, 0.1) is 6.54 Å². The predicted molar refractivity (Wildman–Crippen MR) is 89.9 cm³/mol. The lowest BCUT2D eigenvalue weighted by atomic mass is 10.00. The van der Waals surface area contributed by atoms with Gasteiger partial charge in [-0.3, -0.25) is 4.90 Å². The fourth-order valence-corrected chi connectivity index (χ4v) is 3.46. The van der Waals surface area contributed by atoms with Crippen LogP contribution in [0.1, 0.15) is 22.8 Å². The number of nitrogens with zero attached hydrogens (tertiary/aromatic N) is 1. The Bertz CT molecular complexity index is 762. The van der Waals surface area contributed by atoms with E-state index in [0.717, 1.165) is 30.8 Å². The molecule has 0 saturated carbocycles. The zero-order valence-electron chi connectivity index (χ0n) is 12.6. The van der Waals surface area contributed by atoms with Gasteiger partial charge in [-0.25, -0.2) is 4.79 Å². The third kappa shape index (κ3) is 2.69. The predicted octanol–water partition coefficient (Wildman–Crippen LogP) is 3.68. The van der Waals surface area contributed by atoms with Crippen molar-refractivity contribution in [3.05, 3.63) is 64.2 Å². The Morgan fingerprint density at radius 2 is 2.04 bits per heavy atom. The largest absolute Gasteiger partial charge is 0.439 e. The summed E-state index contributed by atoms with van der Waals surface area (Å²) in [4.78, 5) is 14.0. The average Bonchev–Trinajstić information content (AvgIpc) is 2.96. The number of ether oxygens (including phenoxy) is 1. The Balaban J connectivity index is 1.61.